The normalized spacial score (nSPS) is 26.1. The molecular weight excluding hydrogens is 382 g/mol. The average Bonchev–Trinajstić information content (AvgIpc) is 3.08. The smallest absolute Gasteiger partial charge is 0.292 e. The minimum atomic E-state index is -0.288. The number of hydrogen-bond acceptors (Lipinski definition) is 4. The number of carbonyl (C=O) groups excluding carboxylic acids is 2. The van der Waals surface area contributed by atoms with Gasteiger partial charge in [0, 0.05) is 11.6 Å². The van der Waals surface area contributed by atoms with Gasteiger partial charge in [0.25, 0.3) is 5.91 Å². The molecule has 3 aliphatic heterocycles. The third-order valence-corrected chi connectivity index (χ3v) is 6.32. The van der Waals surface area contributed by atoms with Gasteiger partial charge >= 0.3 is 0 Å². The predicted octanol–water partition coefficient (Wildman–Crippen LogP) is -0.927. The number of nitrogens with one attached hydrogen (secondary N) is 2. The maximum absolute atomic E-state index is 13.2. The maximum Gasteiger partial charge on any atom is 0.292 e. The summed E-state index contributed by atoms with van der Waals surface area (Å²) in [7, 11) is 0. The number of quaternary nitrogens is 2. The van der Waals surface area contributed by atoms with Crippen molar-refractivity contribution in [2.45, 2.75) is 19.0 Å². The molecule has 2 amide bonds. The summed E-state index contributed by atoms with van der Waals surface area (Å²) in [6.07, 6.45) is 0.274. The Morgan fingerprint density at radius 1 is 0.900 bits per heavy atom. The van der Waals surface area contributed by atoms with Gasteiger partial charge in [-0.15, -0.1) is 0 Å². The van der Waals surface area contributed by atoms with Gasteiger partial charge in [0.15, 0.2) is 17.5 Å². The van der Waals surface area contributed by atoms with E-state index < -0.39 is 0 Å². The molecule has 0 unspecified atom stereocenters. The molecule has 2 aromatic carbocycles. The number of hydrogen-bond donors (Lipinski definition) is 2. The van der Waals surface area contributed by atoms with Gasteiger partial charge in [-0.1, -0.05) is 30.3 Å². The van der Waals surface area contributed by atoms with E-state index in [-0.39, 0.29) is 24.3 Å². The van der Waals surface area contributed by atoms with Gasteiger partial charge < -0.3 is 19.3 Å². The monoisotopic (exact) mass is 409 g/mol. The molecule has 1 atom stereocenters. The minimum Gasteiger partial charge on any atom is -0.486 e. The summed E-state index contributed by atoms with van der Waals surface area (Å²) >= 11 is 0. The number of imide groups is 1. The Labute approximate surface area is 175 Å². The van der Waals surface area contributed by atoms with Crippen molar-refractivity contribution in [1.82, 2.24) is 0 Å². The molecule has 3 aliphatic rings. The fourth-order valence-corrected chi connectivity index (χ4v) is 4.73. The molecule has 5 rings (SSSR count). The molecule has 156 valence electrons. The van der Waals surface area contributed by atoms with Crippen LogP contribution in [0.25, 0.3) is 0 Å². The van der Waals surface area contributed by atoms with E-state index >= 15 is 0 Å². The van der Waals surface area contributed by atoms with Gasteiger partial charge in [0.2, 0.25) is 5.91 Å². The highest BCUT2D eigenvalue weighted by atomic mass is 16.6. The molecular formula is C23H27N3O4+2. The van der Waals surface area contributed by atoms with Crippen molar-refractivity contribution in [3.63, 3.8) is 0 Å². The third-order valence-electron chi connectivity index (χ3n) is 6.32. The number of benzene rings is 2. The first kappa shape index (κ1) is 19.1. The van der Waals surface area contributed by atoms with Crippen molar-refractivity contribution in [2.75, 3.05) is 44.3 Å². The van der Waals surface area contributed by atoms with E-state index in [4.69, 9.17) is 9.47 Å². The van der Waals surface area contributed by atoms with Crippen LogP contribution in [-0.4, -0.2) is 57.2 Å². The van der Waals surface area contributed by atoms with Crippen LogP contribution >= 0.6 is 0 Å². The average molecular weight is 409 g/mol. The maximum atomic E-state index is 13.2. The number of piperazine rings is 1. The van der Waals surface area contributed by atoms with Crippen molar-refractivity contribution >= 4 is 17.5 Å². The van der Waals surface area contributed by atoms with E-state index in [9.17, 15) is 9.59 Å². The van der Waals surface area contributed by atoms with Gasteiger partial charge in [-0.05, 0) is 12.1 Å². The predicted molar refractivity (Wildman–Crippen MR) is 110 cm³/mol. The van der Waals surface area contributed by atoms with Crippen LogP contribution in [0.2, 0.25) is 0 Å². The number of fused-ring (bicyclic) bond motifs is 1. The van der Waals surface area contributed by atoms with Crippen LogP contribution in [0.5, 0.6) is 11.5 Å². The van der Waals surface area contributed by atoms with E-state index in [0.717, 1.165) is 32.7 Å². The minimum absolute atomic E-state index is 0.0989. The quantitative estimate of drug-likeness (QED) is 0.641. The first-order valence-electron chi connectivity index (χ1n) is 10.7. The van der Waals surface area contributed by atoms with Crippen LogP contribution in [0.15, 0.2) is 48.5 Å². The van der Waals surface area contributed by atoms with Gasteiger partial charge in [0.1, 0.15) is 45.9 Å². The number of rotatable bonds is 4. The summed E-state index contributed by atoms with van der Waals surface area (Å²) < 4.78 is 11.2. The van der Waals surface area contributed by atoms with E-state index in [1.54, 1.807) is 18.2 Å². The van der Waals surface area contributed by atoms with E-state index in [0.29, 0.717) is 30.4 Å². The molecule has 7 heteroatoms. The first-order chi connectivity index (χ1) is 14.7. The fourth-order valence-electron chi connectivity index (χ4n) is 4.73. The Morgan fingerprint density at radius 2 is 1.63 bits per heavy atom. The largest absolute Gasteiger partial charge is 0.486 e. The molecule has 2 fully saturated rings. The third kappa shape index (κ3) is 3.66. The zero-order valence-corrected chi connectivity index (χ0v) is 16.9. The number of ether oxygens (including phenoxy) is 2. The molecule has 0 aliphatic carbocycles. The van der Waals surface area contributed by atoms with Crippen LogP contribution in [0.3, 0.4) is 0 Å². The van der Waals surface area contributed by atoms with E-state index in [1.807, 2.05) is 6.07 Å². The highest BCUT2D eigenvalue weighted by Gasteiger charge is 2.47. The Bertz CT molecular complexity index is 941. The second-order valence-corrected chi connectivity index (χ2v) is 8.22. The molecule has 3 heterocycles. The van der Waals surface area contributed by atoms with Crippen molar-refractivity contribution in [1.29, 1.82) is 0 Å². The number of carbonyl (C=O) groups is 2. The highest BCUT2D eigenvalue weighted by molar-refractivity contribution is 6.22. The number of nitrogens with zero attached hydrogens (tertiary/aromatic N) is 1. The molecule has 0 bridgehead atoms. The molecule has 2 saturated heterocycles. The van der Waals surface area contributed by atoms with Gasteiger partial charge in [-0.25, -0.2) is 4.90 Å². The van der Waals surface area contributed by atoms with Crippen molar-refractivity contribution in [3.8, 4) is 11.5 Å². The van der Waals surface area contributed by atoms with Crippen molar-refractivity contribution in [3.05, 3.63) is 54.1 Å². The van der Waals surface area contributed by atoms with Crippen LogP contribution in [0.1, 0.15) is 12.0 Å². The Morgan fingerprint density at radius 3 is 2.40 bits per heavy atom. The molecule has 0 spiro atoms. The lowest BCUT2D eigenvalue weighted by Gasteiger charge is -2.32. The fraction of sp³-hybridized carbons (Fsp3) is 0.391. The summed E-state index contributed by atoms with van der Waals surface area (Å²) in [6, 6.07) is 15.5. The standard InChI is InChI=1S/C23H25N3O4/c27-22-15-19(25-10-8-24(9-11-25)16-17-4-2-1-3-5-17)23(28)26(22)18-6-7-20-21(14-18)30-13-12-29-20/h1-7,14,19H,8-13,15-16H2/p+2/t19-/m1/s1. The lowest BCUT2D eigenvalue weighted by atomic mass is 10.1. The van der Waals surface area contributed by atoms with Crippen LogP contribution < -0.4 is 24.2 Å². The topological polar surface area (TPSA) is 64.7 Å². The Kier molecular flexibility index (Phi) is 5.14. The van der Waals surface area contributed by atoms with Crippen molar-refractivity contribution < 1.29 is 28.9 Å². The lowest BCUT2D eigenvalue weighted by molar-refractivity contribution is -1.02. The molecule has 30 heavy (non-hydrogen) atoms. The molecule has 0 saturated carbocycles. The summed E-state index contributed by atoms with van der Waals surface area (Å²) in [5, 5.41) is 0. The molecule has 2 N–H and O–H groups in total. The zero-order chi connectivity index (χ0) is 20.5. The summed E-state index contributed by atoms with van der Waals surface area (Å²) in [5.41, 5.74) is 1.91. The van der Waals surface area contributed by atoms with Crippen LogP contribution in [-0.2, 0) is 16.1 Å². The SMILES string of the molecule is O=C1C[C@@H]([NH+]2CC[NH+](Cc3ccccc3)CC2)C(=O)N1c1ccc2c(c1)OCCO2. The highest BCUT2D eigenvalue weighted by Crippen LogP contribution is 2.35. The first-order valence-corrected chi connectivity index (χ1v) is 10.7. The molecule has 0 radical (unpaired) electrons. The van der Waals surface area contributed by atoms with Crippen molar-refractivity contribution in [2.24, 2.45) is 0 Å². The molecule has 0 aromatic heterocycles. The van der Waals surface area contributed by atoms with Crippen LogP contribution in [0, 0.1) is 0 Å². The Balaban J connectivity index is 1.24. The van der Waals surface area contributed by atoms with Gasteiger partial charge in [-0.3, -0.25) is 9.59 Å². The van der Waals surface area contributed by atoms with E-state index in [2.05, 4.69) is 24.3 Å². The second kappa shape index (κ2) is 8.08. The summed E-state index contributed by atoms with van der Waals surface area (Å²) in [6.45, 7) is 5.81. The molecule has 7 nitrogen and oxygen atoms in total. The molecule has 2 aromatic rings. The van der Waals surface area contributed by atoms with Gasteiger partial charge in [0.05, 0.1) is 12.1 Å². The lowest BCUT2D eigenvalue weighted by Crippen LogP contribution is -3.29. The number of amides is 2. The summed E-state index contributed by atoms with van der Waals surface area (Å²) in [4.78, 5) is 30.0. The van der Waals surface area contributed by atoms with Crippen LogP contribution in [0.4, 0.5) is 5.69 Å². The van der Waals surface area contributed by atoms with E-state index in [1.165, 1.54) is 20.3 Å². The second-order valence-electron chi connectivity index (χ2n) is 8.22. The Hall–Kier alpha value is -2.90. The summed E-state index contributed by atoms with van der Waals surface area (Å²) in [5.74, 6) is 1.02. The van der Waals surface area contributed by atoms with Gasteiger partial charge in [-0.2, -0.15) is 0 Å². The zero-order valence-electron chi connectivity index (χ0n) is 16.9. The number of anilines is 1.